The average molecular weight is 211 g/mol. The predicted octanol–water partition coefficient (Wildman–Crippen LogP) is 3.73. The van der Waals surface area contributed by atoms with Crippen LogP contribution in [0, 0.1) is 0 Å². The van der Waals surface area contributed by atoms with Gasteiger partial charge in [0.15, 0.2) is 0 Å². The van der Waals surface area contributed by atoms with Gasteiger partial charge in [0, 0.05) is 5.02 Å². The van der Waals surface area contributed by atoms with E-state index in [9.17, 15) is 5.11 Å². The van der Waals surface area contributed by atoms with E-state index in [0.717, 1.165) is 17.6 Å². The Bertz CT molecular complexity index is 303. The molecular weight excluding hydrogens is 196 g/mol. The second-order valence-corrected chi connectivity index (χ2v) is 3.81. The molecule has 0 spiro atoms. The molecule has 2 heteroatoms. The zero-order valence-electron chi connectivity index (χ0n) is 8.33. The first-order valence-electron chi connectivity index (χ1n) is 4.73. The van der Waals surface area contributed by atoms with Crippen LogP contribution in [0.15, 0.2) is 36.4 Å². The average Bonchev–Trinajstić information content (AvgIpc) is 2.18. The maximum atomic E-state index is 9.81. The fraction of sp³-hybridized carbons (Fsp3) is 0.333. The molecule has 0 heterocycles. The highest BCUT2D eigenvalue weighted by atomic mass is 35.5. The van der Waals surface area contributed by atoms with Crippen LogP contribution >= 0.6 is 11.6 Å². The van der Waals surface area contributed by atoms with Crippen molar-refractivity contribution in [3.63, 3.8) is 0 Å². The van der Waals surface area contributed by atoms with Crippen molar-refractivity contribution in [2.45, 2.75) is 25.9 Å². The maximum Gasteiger partial charge on any atom is 0.0827 e. The van der Waals surface area contributed by atoms with E-state index in [1.54, 1.807) is 12.1 Å². The van der Waals surface area contributed by atoms with Gasteiger partial charge >= 0.3 is 0 Å². The molecule has 0 amide bonds. The molecule has 0 radical (unpaired) electrons. The topological polar surface area (TPSA) is 20.2 Å². The second-order valence-electron chi connectivity index (χ2n) is 3.38. The highest BCUT2D eigenvalue weighted by Crippen LogP contribution is 2.22. The van der Waals surface area contributed by atoms with E-state index < -0.39 is 6.10 Å². The zero-order valence-corrected chi connectivity index (χ0v) is 9.09. The number of hydrogen-bond acceptors (Lipinski definition) is 1. The second kappa shape index (κ2) is 5.18. The molecular formula is C12H15ClO. The lowest BCUT2D eigenvalue weighted by Crippen LogP contribution is -1.98. The maximum absolute atomic E-state index is 9.81. The van der Waals surface area contributed by atoms with Crippen molar-refractivity contribution < 1.29 is 5.11 Å². The molecule has 0 aliphatic carbocycles. The Kier molecular flexibility index (Phi) is 4.18. The molecule has 1 nitrogen and oxygen atoms in total. The van der Waals surface area contributed by atoms with Crippen LogP contribution in [0.2, 0.25) is 5.02 Å². The van der Waals surface area contributed by atoms with Crippen LogP contribution in [0.5, 0.6) is 0 Å². The van der Waals surface area contributed by atoms with Crippen molar-refractivity contribution in [3.8, 4) is 0 Å². The molecule has 0 saturated carbocycles. The normalized spacial score (nSPS) is 12.5. The molecule has 1 unspecified atom stereocenters. The predicted molar refractivity (Wildman–Crippen MR) is 60.5 cm³/mol. The van der Waals surface area contributed by atoms with Gasteiger partial charge in [-0.25, -0.2) is 0 Å². The summed E-state index contributed by atoms with van der Waals surface area (Å²) in [6.45, 7) is 5.91. The van der Waals surface area contributed by atoms with Gasteiger partial charge in [-0.15, -0.1) is 0 Å². The molecule has 76 valence electrons. The lowest BCUT2D eigenvalue weighted by Gasteiger charge is -2.11. The van der Waals surface area contributed by atoms with Gasteiger partial charge in [0.25, 0.3) is 0 Å². The third-order valence-electron chi connectivity index (χ3n) is 2.24. The van der Waals surface area contributed by atoms with Crippen molar-refractivity contribution in [2.75, 3.05) is 0 Å². The minimum atomic E-state index is -0.459. The Balaban J connectivity index is 2.65. The summed E-state index contributed by atoms with van der Waals surface area (Å²) in [6, 6.07) is 7.26. The number of aliphatic hydroxyl groups is 1. The highest BCUT2D eigenvalue weighted by molar-refractivity contribution is 6.30. The molecule has 14 heavy (non-hydrogen) atoms. The van der Waals surface area contributed by atoms with Crippen molar-refractivity contribution >= 4 is 11.6 Å². The molecule has 0 fully saturated rings. The number of benzene rings is 1. The number of rotatable bonds is 4. The van der Waals surface area contributed by atoms with Gasteiger partial charge in [0.2, 0.25) is 0 Å². The molecule has 0 aromatic heterocycles. The van der Waals surface area contributed by atoms with Crippen molar-refractivity contribution in [3.05, 3.63) is 47.0 Å². The van der Waals surface area contributed by atoms with E-state index in [-0.39, 0.29) is 0 Å². The summed E-state index contributed by atoms with van der Waals surface area (Å²) in [4.78, 5) is 0. The van der Waals surface area contributed by atoms with Crippen LogP contribution in [0.3, 0.4) is 0 Å². The van der Waals surface area contributed by atoms with Gasteiger partial charge in [0.1, 0.15) is 0 Å². The van der Waals surface area contributed by atoms with E-state index in [1.807, 2.05) is 19.1 Å². The minimum absolute atomic E-state index is 0.459. The summed E-state index contributed by atoms with van der Waals surface area (Å²) in [5.74, 6) is 0. The van der Waals surface area contributed by atoms with Crippen LogP contribution in [-0.2, 0) is 0 Å². The fourth-order valence-corrected chi connectivity index (χ4v) is 1.35. The molecule has 1 aromatic rings. The smallest absolute Gasteiger partial charge is 0.0827 e. The van der Waals surface area contributed by atoms with Gasteiger partial charge in [0.05, 0.1) is 6.10 Å². The molecule has 0 aliphatic rings. The fourth-order valence-electron chi connectivity index (χ4n) is 1.22. The van der Waals surface area contributed by atoms with E-state index in [1.165, 1.54) is 0 Å². The minimum Gasteiger partial charge on any atom is -0.388 e. The van der Waals surface area contributed by atoms with Crippen molar-refractivity contribution in [2.24, 2.45) is 0 Å². The number of hydrogen-bond donors (Lipinski definition) is 1. The molecule has 1 N–H and O–H groups in total. The van der Waals surface area contributed by atoms with Gasteiger partial charge in [-0.3, -0.25) is 0 Å². The molecule has 1 atom stereocenters. The summed E-state index contributed by atoms with van der Waals surface area (Å²) in [5, 5.41) is 10.5. The Hall–Kier alpha value is -0.790. The molecule has 1 aromatic carbocycles. The first-order chi connectivity index (χ1) is 6.63. The summed E-state index contributed by atoms with van der Waals surface area (Å²) in [5.41, 5.74) is 1.96. The third-order valence-corrected chi connectivity index (χ3v) is 2.49. The van der Waals surface area contributed by atoms with Crippen LogP contribution in [0.1, 0.15) is 31.4 Å². The van der Waals surface area contributed by atoms with Crippen LogP contribution in [0.4, 0.5) is 0 Å². The van der Waals surface area contributed by atoms with Gasteiger partial charge < -0.3 is 5.11 Å². The largest absolute Gasteiger partial charge is 0.388 e. The van der Waals surface area contributed by atoms with E-state index in [0.29, 0.717) is 11.4 Å². The van der Waals surface area contributed by atoms with Crippen molar-refractivity contribution in [1.29, 1.82) is 0 Å². The van der Waals surface area contributed by atoms with Crippen molar-refractivity contribution in [1.82, 2.24) is 0 Å². The summed E-state index contributed by atoms with van der Waals surface area (Å²) < 4.78 is 0. The van der Waals surface area contributed by atoms with Crippen LogP contribution < -0.4 is 0 Å². The SMILES string of the molecule is C=C(CC)CC(O)c1ccc(Cl)cc1. The first-order valence-corrected chi connectivity index (χ1v) is 5.11. The van der Waals surface area contributed by atoms with Gasteiger partial charge in [-0.05, 0) is 30.5 Å². The Morgan fingerprint density at radius 1 is 1.43 bits per heavy atom. The monoisotopic (exact) mass is 210 g/mol. The Morgan fingerprint density at radius 3 is 2.50 bits per heavy atom. The standard InChI is InChI=1S/C12H15ClO/c1-3-9(2)8-12(14)10-4-6-11(13)7-5-10/h4-7,12,14H,2-3,8H2,1H3. The Morgan fingerprint density at radius 2 is 2.00 bits per heavy atom. The quantitative estimate of drug-likeness (QED) is 0.751. The van der Waals surface area contributed by atoms with Crippen LogP contribution in [0.25, 0.3) is 0 Å². The molecule has 1 rings (SSSR count). The number of halogens is 1. The Labute approximate surface area is 90.0 Å². The van der Waals surface area contributed by atoms with Gasteiger partial charge in [-0.2, -0.15) is 0 Å². The zero-order chi connectivity index (χ0) is 10.6. The third kappa shape index (κ3) is 3.17. The van der Waals surface area contributed by atoms with E-state index >= 15 is 0 Å². The lowest BCUT2D eigenvalue weighted by atomic mass is 10.0. The summed E-state index contributed by atoms with van der Waals surface area (Å²) >= 11 is 5.75. The van der Waals surface area contributed by atoms with E-state index in [2.05, 4.69) is 6.58 Å². The molecule has 0 saturated heterocycles. The summed E-state index contributed by atoms with van der Waals surface area (Å²) in [7, 11) is 0. The van der Waals surface area contributed by atoms with Gasteiger partial charge in [-0.1, -0.05) is 42.8 Å². The highest BCUT2D eigenvalue weighted by Gasteiger charge is 2.07. The molecule has 0 aliphatic heterocycles. The van der Waals surface area contributed by atoms with E-state index in [4.69, 9.17) is 11.6 Å². The van der Waals surface area contributed by atoms with Crippen LogP contribution in [-0.4, -0.2) is 5.11 Å². The summed E-state index contributed by atoms with van der Waals surface area (Å²) in [6.07, 6.45) is 1.07. The number of aliphatic hydroxyl groups excluding tert-OH is 1. The first kappa shape index (κ1) is 11.3. The lowest BCUT2D eigenvalue weighted by molar-refractivity contribution is 0.177. The molecule has 0 bridgehead atoms.